The van der Waals surface area contributed by atoms with Gasteiger partial charge >= 0.3 is 0 Å². The fourth-order valence-corrected chi connectivity index (χ4v) is 3.08. The van der Waals surface area contributed by atoms with Gasteiger partial charge in [0.1, 0.15) is 0 Å². The van der Waals surface area contributed by atoms with Gasteiger partial charge in [0, 0.05) is 22.6 Å². The Kier molecular flexibility index (Phi) is 10.1. The molecule has 148 valence electrons. The minimum atomic E-state index is -0.0472. The number of nitrogens with zero attached hydrogens (tertiary/aromatic N) is 1. The second-order valence-corrected chi connectivity index (χ2v) is 7.25. The van der Waals surface area contributed by atoms with Crippen LogP contribution in [0.5, 0.6) is 0 Å². The highest BCUT2D eigenvalue weighted by molar-refractivity contribution is 6.30. The van der Waals surface area contributed by atoms with Crippen molar-refractivity contribution >= 4 is 23.2 Å². The summed E-state index contributed by atoms with van der Waals surface area (Å²) in [7, 11) is 0. The molecule has 0 aliphatic heterocycles. The molecular formula is C24H29ClN2O. The first kappa shape index (κ1) is 21.9. The van der Waals surface area contributed by atoms with Gasteiger partial charge in [0.05, 0.1) is 5.71 Å². The van der Waals surface area contributed by atoms with E-state index in [1.807, 2.05) is 60.7 Å². The van der Waals surface area contributed by atoms with E-state index in [9.17, 15) is 4.79 Å². The Morgan fingerprint density at radius 1 is 0.893 bits per heavy atom. The Balaban J connectivity index is 1.86. The maximum Gasteiger partial charge on any atom is 0.240 e. The summed E-state index contributed by atoms with van der Waals surface area (Å²) >= 11 is 5.99. The number of amides is 1. The molecule has 1 N–H and O–H groups in total. The first-order valence-corrected chi connectivity index (χ1v) is 10.4. The molecule has 1 amide bonds. The van der Waals surface area contributed by atoms with E-state index in [0.29, 0.717) is 11.4 Å². The summed E-state index contributed by atoms with van der Waals surface area (Å²) in [5, 5.41) is 5.08. The fourth-order valence-electron chi connectivity index (χ4n) is 2.96. The van der Waals surface area contributed by atoms with Crippen molar-refractivity contribution < 1.29 is 4.79 Å². The maximum absolute atomic E-state index is 12.2. The minimum Gasteiger partial charge on any atom is -0.273 e. The molecule has 0 radical (unpaired) electrons. The zero-order valence-corrected chi connectivity index (χ0v) is 17.1. The highest BCUT2D eigenvalue weighted by Crippen LogP contribution is 2.15. The predicted octanol–water partition coefficient (Wildman–Crippen LogP) is 6.52. The topological polar surface area (TPSA) is 41.5 Å². The van der Waals surface area contributed by atoms with Crippen molar-refractivity contribution in [1.29, 1.82) is 0 Å². The number of benzene rings is 2. The van der Waals surface area contributed by atoms with Gasteiger partial charge < -0.3 is 0 Å². The molecule has 2 aromatic carbocycles. The number of hydrogen-bond acceptors (Lipinski definition) is 2. The average molecular weight is 397 g/mol. The van der Waals surface area contributed by atoms with Crippen molar-refractivity contribution in [3.8, 4) is 0 Å². The Hall–Kier alpha value is -2.39. The normalized spacial score (nSPS) is 11.2. The van der Waals surface area contributed by atoms with Gasteiger partial charge in [-0.3, -0.25) is 4.79 Å². The summed E-state index contributed by atoms with van der Waals surface area (Å²) in [6, 6.07) is 17.3. The van der Waals surface area contributed by atoms with Gasteiger partial charge in [-0.15, -0.1) is 6.58 Å². The molecule has 0 atom stereocenters. The van der Waals surface area contributed by atoms with Gasteiger partial charge in [0.15, 0.2) is 0 Å². The van der Waals surface area contributed by atoms with Crippen LogP contribution in [0.15, 0.2) is 72.4 Å². The Morgan fingerprint density at radius 2 is 1.50 bits per heavy atom. The standard InChI is InChI=1S/C24H29ClN2O/c1-2-3-4-5-6-7-8-12-15-23(28)26-27-24(20-13-10-9-11-14-20)21-16-18-22(25)19-17-21/h2,9-11,13-14,16-19H,1,3-8,12,15H2,(H,26,28)/b27-24-. The number of allylic oxidation sites excluding steroid dienone is 1. The molecular weight excluding hydrogens is 368 g/mol. The van der Waals surface area contributed by atoms with Crippen LogP contribution in [0.25, 0.3) is 0 Å². The molecule has 0 fully saturated rings. The first-order valence-electron chi connectivity index (χ1n) is 9.99. The monoisotopic (exact) mass is 396 g/mol. The number of hydrogen-bond donors (Lipinski definition) is 1. The number of unbranched alkanes of at least 4 members (excludes halogenated alkanes) is 6. The molecule has 0 spiro atoms. The predicted molar refractivity (Wildman–Crippen MR) is 119 cm³/mol. The smallest absolute Gasteiger partial charge is 0.240 e. The summed E-state index contributed by atoms with van der Waals surface area (Å²) < 4.78 is 0. The number of halogens is 1. The van der Waals surface area contributed by atoms with Gasteiger partial charge in [-0.2, -0.15) is 5.10 Å². The maximum atomic E-state index is 12.2. The van der Waals surface area contributed by atoms with Crippen molar-refractivity contribution in [3.05, 3.63) is 83.4 Å². The third-order valence-corrected chi connectivity index (χ3v) is 4.77. The van der Waals surface area contributed by atoms with Crippen LogP contribution in [0, 0.1) is 0 Å². The van der Waals surface area contributed by atoms with Gasteiger partial charge in [-0.05, 0) is 31.4 Å². The van der Waals surface area contributed by atoms with E-state index in [-0.39, 0.29) is 5.91 Å². The Bertz CT molecular complexity index is 754. The lowest BCUT2D eigenvalue weighted by Crippen LogP contribution is -2.20. The number of carbonyl (C=O) groups excluding carboxylic acids is 1. The molecule has 28 heavy (non-hydrogen) atoms. The van der Waals surface area contributed by atoms with Gasteiger partial charge in [-0.25, -0.2) is 5.43 Å². The summed E-state index contributed by atoms with van der Waals surface area (Å²) in [6.45, 7) is 3.74. The van der Waals surface area contributed by atoms with Crippen LogP contribution in [0.2, 0.25) is 5.02 Å². The van der Waals surface area contributed by atoms with E-state index in [0.717, 1.165) is 36.1 Å². The Morgan fingerprint density at radius 3 is 2.18 bits per heavy atom. The van der Waals surface area contributed by atoms with Crippen molar-refractivity contribution in [2.75, 3.05) is 0 Å². The lowest BCUT2D eigenvalue weighted by Gasteiger charge is -2.08. The third kappa shape index (κ3) is 8.10. The highest BCUT2D eigenvalue weighted by atomic mass is 35.5. The summed E-state index contributed by atoms with van der Waals surface area (Å²) in [5.41, 5.74) is 5.31. The van der Waals surface area contributed by atoms with Crippen LogP contribution < -0.4 is 5.43 Å². The molecule has 0 aliphatic rings. The number of nitrogens with one attached hydrogen (secondary N) is 1. The summed E-state index contributed by atoms with van der Waals surface area (Å²) in [6.07, 6.45) is 10.4. The van der Waals surface area contributed by atoms with E-state index >= 15 is 0 Å². The zero-order chi connectivity index (χ0) is 20.0. The first-order chi connectivity index (χ1) is 13.7. The molecule has 0 saturated heterocycles. The van der Waals surface area contributed by atoms with Gasteiger partial charge in [0.25, 0.3) is 0 Å². The minimum absolute atomic E-state index is 0.0472. The van der Waals surface area contributed by atoms with Crippen molar-refractivity contribution in [3.63, 3.8) is 0 Å². The van der Waals surface area contributed by atoms with Crippen LogP contribution >= 0.6 is 11.6 Å². The molecule has 0 aromatic heterocycles. The molecule has 4 heteroatoms. The largest absolute Gasteiger partial charge is 0.273 e. The van der Waals surface area contributed by atoms with E-state index < -0.39 is 0 Å². The van der Waals surface area contributed by atoms with Crippen LogP contribution in [-0.4, -0.2) is 11.6 Å². The molecule has 0 heterocycles. The van der Waals surface area contributed by atoms with Gasteiger partial charge in [0.2, 0.25) is 5.91 Å². The van der Waals surface area contributed by atoms with E-state index in [2.05, 4.69) is 17.1 Å². The lowest BCUT2D eigenvalue weighted by atomic mass is 10.0. The van der Waals surface area contributed by atoms with E-state index in [4.69, 9.17) is 11.6 Å². The molecule has 0 aliphatic carbocycles. The van der Waals surface area contributed by atoms with Crippen molar-refractivity contribution in [2.45, 2.75) is 51.4 Å². The second-order valence-electron chi connectivity index (χ2n) is 6.82. The zero-order valence-electron chi connectivity index (χ0n) is 16.4. The SMILES string of the molecule is C=CCCCCCCCCC(=O)N/N=C(/c1ccccc1)c1ccc(Cl)cc1. The van der Waals surface area contributed by atoms with E-state index in [1.54, 1.807) is 0 Å². The van der Waals surface area contributed by atoms with Crippen LogP contribution in [0.4, 0.5) is 0 Å². The summed E-state index contributed by atoms with van der Waals surface area (Å²) in [4.78, 5) is 12.2. The molecule has 0 bridgehead atoms. The third-order valence-electron chi connectivity index (χ3n) is 4.52. The van der Waals surface area contributed by atoms with Crippen molar-refractivity contribution in [2.24, 2.45) is 5.10 Å². The number of hydrazone groups is 1. The number of rotatable bonds is 12. The highest BCUT2D eigenvalue weighted by Gasteiger charge is 2.08. The quantitative estimate of drug-likeness (QED) is 0.189. The number of carbonyl (C=O) groups is 1. The molecule has 0 saturated carbocycles. The fraction of sp³-hybridized carbons (Fsp3) is 0.333. The molecule has 2 aromatic rings. The van der Waals surface area contributed by atoms with E-state index in [1.165, 1.54) is 25.7 Å². The summed E-state index contributed by atoms with van der Waals surface area (Å²) in [5.74, 6) is -0.0472. The van der Waals surface area contributed by atoms with Crippen LogP contribution in [0.3, 0.4) is 0 Å². The van der Waals surface area contributed by atoms with Crippen LogP contribution in [-0.2, 0) is 4.79 Å². The Labute approximate surface area is 173 Å². The molecule has 3 nitrogen and oxygen atoms in total. The lowest BCUT2D eigenvalue weighted by molar-refractivity contribution is -0.121. The molecule has 0 unspecified atom stereocenters. The molecule has 2 rings (SSSR count). The van der Waals surface area contributed by atoms with Crippen molar-refractivity contribution in [1.82, 2.24) is 5.43 Å². The average Bonchev–Trinajstić information content (AvgIpc) is 2.72. The van der Waals surface area contributed by atoms with Crippen LogP contribution in [0.1, 0.15) is 62.5 Å². The van der Waals surface area contributed by atoms with Gasteiger partial charge in [-0.1, -0.05) is 85.8 Å². The second kappa shape index (κ2) is 12.9.